The molecule has 10 heteroatoms. The van der Waals surface area contributed by atoms with Gasteiger partial charge in [-0.1, -0.05) is 23.2 Å². The second-order valence-corrected chi connectivity index (χ2v) is 6.55. The third kappa shape index (κ3) is 4.02. The van der Waals surface area contributed by atoms with Crippen molar-refractivity contribution in [1.29, 1.82) is 0 Å². The molecular formula is C16H13Cl2F3N4O. The minimum absolute atomic E-state index is 0.125. The Kier molecular flexibility index (Phi) is 5.24. The van der Waals surface area contributed by atoms with E-state index in [0.29, 0.717) is 30.1 Å². The van der Waals surface area contributed by atoms with Crippen LogP contribution in [0.4, 0.5) is 24.8 Å². The summed E-state index contributed by atoms with van der Waals surface area (Å²) >= 11 is 11.9. The Morgan fingerprint density at radius 2 is 2.04 bits per heavy atom. The largest absolute Gasteiger partial charge is 0.433 e. The van der Waals surface area contributed by atoms with Gasteiger partial charge in [-0.3, -0.25) is 4.79 Å². The first-order chi connectivity index (χ1) is 12.3. The van der Waals surface area contributed by atoms with Crippen LogP contribution < -0.4 is 10.2 Å². The molecule has 5 nitrogen and oxygen atoms in total. The first kappa shape index (κ1) is 18.7. The zero-order valence-electron chi connectivity index (χ0n) is 13.2. The van der Waals surface area contributed by atoms with E-state index in [2.05, 4.69) is 15.3 Å². The number of amides is 1. The van der Waals surface area contributed by atoms with E-state index in [1.54, 1.807) is 12.1 Å². The summed E-state index contributed by atoms with van der Waals surface area (Å²) in [5.74, 6) is -0.521. The minimum Gasteiger partial charge on any atom is -0.329 e. The number of nitrogens with one attached hydrogen (secondary N) is 1. The van der Waals surface area contributed by atoms with E-state index < -0.39 is 23.8 Å². The summed E-state index contributed by atoms with van der Waals surface area (Å²) < 4.78 is 38.6. The molecule has 26 heavy (non-hydrogen) atoms. The molecule has 0 saturated carbocycles. The van der Waals surface area contributed by atoms with Gasteiger partial charge in [0.15, 0.2) is 0 Å². The quantitative estimate of drug-likeness (QED) is 0.822. The molecule has 2 aromatic rings. The van der Waals surface area contributed by atoms with E-state index in [9.17, 15) is 18.0 Å². The van der Waals surface area contributed by atoms with Crippen molar-refractivity contribution in [2.24, 2.45) is 0 Å². The van der Waals surface area contributed by atoms with Gasteiger partial charge in [0, 0.05) is 17.8 Å². The van der Waals surface area contributed by atoms with Crippen molar-refractivity contribution in [2.75, 3.05) is 16.8 Å². The fraction of sp³-hybridized carbons (Fsp3) is 0.312. The average Bonchev–Trinajstić information content (AvgIpc) is 3.06. The van der Waals surface area contributed by atoms with Crippen LogP contribution in [0, 0.1) is 0 Å². The van der Waals surface area contributed by atoms with Crippen molar-refractivity contribution in [3.8, 4) is 0 Å². The number of anilines is 2. The van der Waals surface area contributed by atoms with E-state index in [-0.39, 0.29) is 11.0 Å². The molecule has 0 aliphatic carbocycles. The summed E-state index contributed by atoms with van der Waals surface area (Å²) in [4.78, 5) is 21.5. The molecule has 3 rings (SSSR count). The Hall–Kier alpha value is -2.06. The fourth-order valence-corrected chi connectivity index (χ4v) is 3.19. The topological polar surface area (TPSA) is 58.1 Å². The molecule has 1 aliphatic heterocycles. The molecule has 1 N–H and O–H groups in total. The second-order valence-electron chi connectivity index (χ2n) is 5.70. The van der Waals surface area contributed by atoms with E-state index >= 15 is 0 Å². The first-order valence-electron chi connectivity index (χ1n) is 7.68. The van der Waals surface area contributed by atoms with Crippen molar-refractivity contribution >= 4 is 40.7 Å². The van der Waals surface area contributed by atoms with Crippen LogP contribution in [-0.2, 0) is 11.0 Å². The van der Waals surface area contributed by atoms with Crippen LogP contribution in [0.2, 0.25) is 10.0 Å². The highest BCUT2D eigenvalue weighted by Gasteiger charge is 2.36. The second kappa shape index (κ2) is 7.28. The third-order valence-electron chi connectivity index (χ3n) is 3.93. The number of nitrogens with zero attached hydrogens (tertiary/aromatic N) is 3. The van der Waals surface area contributed by atoms with E-state index in [0.717, 1.165) is 12.3 Å². The number of rotatable bonds is 3. The number of hydrogen-bond donors (Lipinski definition) is 1. The molecule has 1 aliphatic rings. The molecule has 0 bridgehead atoms. The summed E-state index contributed by atoms with van der Waals surface area (Å²) in [7, 11) is 0. The normalized spacial score (nSPS) is 17.4. The number of alkyl halides is 3. The lowest BCUT2D eigenvalue weighted by molar-refractivity contribution is -0.141. The molecule has 1 saturated heterocycles. The lowest BCUT2D eigenvalue weighted by Gasteiger charge is -2.24. The van der Waals surface area contributed by atoms with Crippen molar-refractivity contribution in [3.63, 3.8) is 0 Å². The maximum absolute atomic E-state index is 12.9. The van der Waals surface area contributed by atoms with Gasteiger partial charge < -0.3 is 10.2 Å². The molecule has 2 heterocycles. The molecule has 138 valence electrons. The summed E-state index contributed by atoms with van der Waals surface area (Å²) in [6, 6.07) is 4.72. The van der Waals surface area contributed by atoms with Crippen LogP contribution in [0.5, 0.6) is 0 Å². The smallest absolute Gasteiger partial charge is 0.329 e. The van der Waals surface area contributed by atoms with Gasteiger partial charge >= 0.3 is 6.18 Å². The van der Waals surface area contributed by atoms with Crippen LogP contribution in [0.25, 0.3) is 0 Å². The highest BCUT2D eigenvalue weighted by Crippen LogP contribution is 2.31. The number of aromatic nitrogens is 2. The predicted octanol–water partition coefficient (Wildman–Crippen LogP) is 4.41. The van der Waals surface area contributed by atoms with Gasteiger partial charge in [0.05, 0.1) is 10.7 Å². The number of halogens is 5. The number of carbonyl (C=O) groups is 1. The molecule has 1 amide bonds. The van der Waals surface area contributed by atoms with E-state index in [1.807, 2.05) is 0 Å². The lowest BCUT2D eigenvalue weighted by atomic mass is 10.2. The highest BCUT2D eigenvalue weighted by molar-refractivity contribution is 6.36. The van der Waals surface area contributed by atoms with Gasteiger partial charge in [0.1, 0.15) is 11.7 Å². The Morgan fingerprint density at radius 3 is 2.73 bits per heavy atom. The SMILES string of the molecule is O=C(Nc1ccc(Cl)cc1Cl)[C@H]1CCCN1c1nccc(C(F)(F)F)n1. The summed E-state index contributed by atoms with van der Waals surface area (Å²) in [6.07, 6.45) is -2.44. The Labute approximate surface area is 157 Å². The Balaban J connectivity index is 1.81. The molecule has 1 fully saturated rings. The zero-order chi connectivity index (χ0) is 18.9. The summed E-state index contributed by atoms with van der Waals surface area (Å²) in [5.41, 5.74) is -0.674. The van der Waals surface area contributed by atoms with Gasteiger partial charge in [0.2, 0.25) is 11.9 Å². The van der Waals surface area contributed by atoms with E-state index in [4.69, 9.17) is 23.2 Å². The zero-order valence-corrected chi connectivity index (χ0v) is 14.7. The van der Waals surface area contributed by atoms with Crippen LogP contribution in [0.1, 0.15) is 18.5 Å². The van der Waals surface area contributed by atoms with Crippen LogP contribution >= 0.6 is 23.2 Å². The van der Waals surface area contributed by atoms with Crippen LogP contribution in [-0.4, -0.2) is 28.5 Å². The van der Waals surface area contributed by atoms with Gasteiger partial charge in [-0.15, -0.1) is 0 Å². The maximum Gasteiger partial charge on any atom is 0.433 e. The molecule has 1 aromatic carbocycles. The van der Waals surface area contributed by atoms with Gasteiger partial charge in [-0.2, -0.15) is 13.2 Å². The van der Waals surface area contributed by atoms with Gasteiger partial charge in [-0.05, 0) is 37.1 Å². The van der Waals surface area contributed by atoms with Crippen molar-refractivity contribution in [1.82, 2.24) is 9.97 Å². The van der Waals surface area contributed by atoms with Crippen molar-refractivity contribution in [3.05, 3.63) is 46.2 Å². The molecule has 0 spiro atoms. The summed E-state index contributed by atoms with van der Waals surface area (Å²) in [5, 5.41) is 3.37. The van der Waals surface area contributed by atoms with E-state index in [1.165, 1.54) is 11.0 Å². The Morgan fingerprint density at radius 1 is 1.27 bits per heavy atom. The molecule has 0 radical (unpaired) electrons. The predicted molar refractivity (Wildman–Crippen MR) is 92.5 cm³/mol. The Bertz CT molecular complexity index is 831. The monoisotopic (exact) mass is 404 g/mol. The average molecular weight is 405 g/mol. The van der Waals surface area contributed by atoms with Crippen molar-refractivity contribution in [2.45, 2.75) is 25.1 Å². The molecular weight excluding hydrogens is 392 g/mol. The standard InChI is InChI=1S/C16H13Cl2F3N4O/c17-9-3-4-11(10(18)8-9)23-14(26)12-2-1-7-25(12)15-22-6-5-13(24-15)16(19,20)21/h3-6,8,12H,1-2,7H2,(H,23,26)/t12-/m1/s1. The van der Waals surface area contributed by atoms with Gasteiger partial charge in [-0.25, -0.2) is 9.97 Å². The highest BCUT2D eigenvalue weighted by atomic mass is 35.5. The fourth-order valence-electron chi connectivity index (χ4n) is 2.73. The van der Waals surface area contributed by atoms with Crippen LogP contribution in [0.3, 0.4) is 0 Å². The third-order valence-corrected chi connectivity index (χ3v) is 4.48. The molecule has 1 aromatic heterocycles. The molecule has 1 atom stereocenters. The first-order valence-corrected chi connectivity index (χ1v) is 8.44. The van der Waals surface area contributed by atoms with Gasteiger partial charge in [0.25, 0.3) is 0 Å². The lowest BCUT2D eigenvalue weighted by Crippen LogP contribution is -2.40. The number of carbonyl (C=O) groups excluding carboxylic acids is 1. The molecule has 0 unspecified atom stereocenters. The minimum atomic E-state index is -4.58. The number of benzene rings is 1. The summed E-state index contributed by atoms with van der Waals surface area (Å²) in [6.45, 7) is 0.383. The maximum atomic E-state index is 12.9. The number of hydrogen-bond acceptors (Lipinski definition) is 4. The van der Waals surface area contributed by atoms with Crippen molar-refractivity contribution < 1.29 is 18.0 Å². The van der Waals surface area contributed by atoms with Crippen LogP contribution in [0.15, 0.2) is 30.5 Å².